The van der Waals surface area contributed by atoms with Crippen LogP contribution in [0.25, 0.3) is 0 Å². The highest BCUT2D eigenvalue weighted by Crippen LogP contribution is 2.51. The van der Waals surface area contributed by atoms with Crippen molar-refractivity contribution in [2.24, 2.45) is 11.8 Å². The van der Waals surface area contributed by atoms with E-state index in [4.69, 9.17) is 11.6 Å². The van der Waals surface area contributed by atoms with Crippen LogP contribution in [0.1, 0.15) is 54.1 Å². The lowest BCUT2D eigenvalue weighted by atomic mass is 9.69. The standard InChI is InChI=1S/C24H24ClF3N2O2/c1-14(21(31)29-18-6-4-17(25)5-7-18)15-9-11-23(12-10-15)20-8-3-16(24(26,27)28)13-19(20)22(32)30(23)2/h3-8,13-15H,9-12H2,1-2H3,(H,29,31)/t14-,15-,23+/m1/s1. The van der Waals surface area contributed by atoms with E-state index in [-0.39, 0.29) is 29.2 Å². The normalized spacial score (nSPS) is 23.9. The van der Waals surface area contributed by atoms with Crippen molar-refractivity contribution in [3.8, 4) is 0 Å². The van der Waals surface area contributed by atoms with Gasteiger partial charge in [0.1, 0.15) is 0 Å². The highest BCUT2D eigenvalue weighted by Gasteiger charge is 2.50. The zero-order valence-corrected chi connectivity index (χ0v) is 18.6. The SMILES string of the molecule is C[C@@H](C(=O)Nc1ccc(Cl)cc1)[C@H]1CC[C@@]2(CC1)c1ccc(C(F)(F)F)cc1C(=O)N2C. The average molecular weight is 465 g/mol. The van der Waals surface area contributed by atoms with Gasteiger partial charge in [0.05, 0.1) is 11.1 Å². The summed E-state index contributed by atoms with van der Waals surface area (Å²) in [5.74, 6) is -0.579. The maximum absolute atomic E-state index is 13.1. The van der Waals surface area contributed by atoms with E-state index in [1.165, 1.54) is 6.07 Å². The van der Waals surface area contributed by atoms with Gasteiger partial charge in [-0.1, -0.05) is 24.6 Å². The minimum Gasteiger partial charge on any atom is -0.332 e. The van der Waals surface area contributed by atoms with Crippen LogP contribution in [-0.4, -0.2) is 23.8 Å². The molecule has 8 heteroatoms. The fraction of sp³-hybridized carbons (Fsp3) is 0.417. The summed E-state index contributed by atoms with van der Waals surface area (Å²) in [6.45, 7) is 1.89. The van der Waals surface area contributed by atoms with Crippen molar-refractivity contribution in [3.05, 3.63) is 64.2 Å². The molecule has 2 aromatic carbocycles. The monoisotopic (exact) mass is 464 g/mol. The van der Waals surface area contributed by atoms with Gasteiger partial charge in [-0.2, -0.15) is 13.2 Å². The molecule has 0 saturated heterocycles. The first-order valence-electron chi connectivity index (χ1n) is 10.6. The maximum atomic E-state index is 13.1. The second kappa shape index (κ2) is 8.10. The van der Waals surface area contributed by atoms with E-state index in [9.17, 15) is 22.8 Å². The number of anilines is 1. The number of fused-ring (bicyclic) bond motifs is 2. The van der Waals surface area contributed by atoms with Crippen LogP contribution in [-0.2, 0) is 16.5 Å². The van der Waals surface area contributed by atoms with Crippen molar-refractivity contribution in [2.75, 3.05) is 12.4 Å². The lowest BCUT2D eigenvalue weighted by molar-refractivity contribution is -0.137. The summed E-state index contributed by atoms with van der Waals surface area (Å²) in [6.07, 6.45) is -1.87. The first kappa shape index (κ1) is 22.6. The molecule has 1 aliphatic carbocycles. The number of nitrogens with one attached hydrogen (secondary N) is 1. The summed E-state index contributed by atoms with van der Waals surface area (Å²) >= 11 is 5.88. The first-order chi connectivity index (χ1) is 15.0. The van der Waals surface area contributed by atoms with E-state index in [1.54, 1.807) is 36.2 Å². The summed E-state index contributed by atoms with van der Waals surface area (Å²) in [5, 5.41) is 3.50. The number of nitrogens with zero attached hydrogens (tertiary/aromatic N) is 1. The number of hydrogen-bond acceptors (Lipinski definition) is 2. The quantitative estimate of drug-likeness (QED) is 0.596. The smallest absolute Gasteiger partial charge is 0.332 e. The second-order valence-electron chi connectivity index (χ2n) is 8.78. The summed E-state index contributed by atoms with van der Waals surface area (Å²) < 4.78 is 39.4. The van der Waals surface area contributed by atoms with Crippen LogP contribution in [0.5, 0.6) is 0 Å². The van der Waals surface area contributed by atoms with E-state index in [2.05, 4.69) is 5.32 Å². The molecule has 1 aliphatic heterocycles. The van der Waals surface area contributed by atoms with Gasteiger partial charge in [0.2, 0.25) is 5.91 Å². The molecule has 0 radical (unpaired) electrons. The van der Waals surface area contributed by atoms with Gasteiger partial charge in [-0.25, -0.2) is 0 Å². The van der Waals surface area contributed by atoms with Crippen LogP contribution in [0.4, 0.5) is 18.9 Å². The Morgan fingerprint density at radius 1 is 1.16 bits per heavy atom. The summed E-state index contributed by atoms with van der Waals surface area (Å²) in [6, 6.07) is 10.4. The van der Waals surface area contributed by atoms with Gasteiger partial charge in [0.25, 0.3) is 5.91 Å². The van der Waals surface area contributed by atoms with E-state index >= 15 is 0 Å². The molecular weight excluding hydrogens is 441 g/mol. The Labute approximate surface area is 189 Å². The predicted molar refractivity (Wildman–Crippen MR) is 116 cm³/mol. The Morgan fingerprint density at radius 3 is 2.38 bits per heavy atom. The molecule has 1 heterocycles. The molecule has 0 bridgehead atoms. The zero-order chi connectivity index (χ0) is 23.3. The Balaban J connectivity index is 1.48. The maximum Gasteiger partial charge on any atom is 0.416 e. The van der Waals surface area contributed by atoms with Crippen molar-refractivity contribution in [2.45, 2.75) is 44.3 Å². The second-order valence-corrected chi connectivity index (χ2v) is 9.21. The topological polar surface area (TPSA) is 49.4 Å². The largest absolute Gasteiger partial charge is 0.416 e. The number of benzene rings is 2. The molecule has 4 nitrogen and oxygen atoms in total. The number of halogens is 4. The lowest BCUT2D eigenvalue weighted by Gasteiger charge is -2.43. The lowest BCUT2D eigenvalue weighted by Crippen LogP contribution is -2.45. The number of hydrogen-bond donors (Lipinski definition) is 1. The molecule has 1 fully saturated rings. The van der Waals surface area contributed by atoms with E-state index in [1.807, 2.05) is 6.92 Å². The van der Waals surface area contributed by atoms with Gasteiger partial charge in [0, 0.05) is 29.2 Å². The fourth-order valence-corrected chi connectivity index (χ4v) is 5.21. The van der Waals surface area contributed by atoms with Crippen LogP contribution in [0, 0.1) is 11.8 Å². The number of alkyl halides is 3. The van der Waals surface area contributed by atoms with E-state index in [0.717, 1.165) is 12.1 Å². The molecule has 1 saturated carbocycles. The van der Waals surface area contributed by atoms with E-state index in [0.29, 0.717) is 42.0 Å². The Morgan fingerprint density at radius 2 is 1.78 bits per heavy atom. The van der Waals surface area contributed by atoms with Gasteiger partial charge in [0.15, 0.2) is 0 Å². The highest BCUT2D eigenvalue weighted by atomic mass is 35.5. The molecule has 2 aliphatic rings. The molecule has 2 aromatic rings. The molecular formula is C24H24ClF3N2O2. The number of amides is 2. The van der Waals surface area contributed by atoms with Gasteiger partial charge < -0.3 is 10.2 Å². The predicted octanol–water partition coefficient (Wildman–Crippen LogP) is 6.10. The summed E-state index contributed by atoms with van der Waals surface area (Å²) in [4.78, 5) is 27.1. The number of carbonyl (C=O) groups is 2. The molecule has 170 valence electrons. The Kier molecular flexibility index (Phi) is 5.74. The zero-order valence-electron chi connectivity index (χ0n) is 17.8. The minimum atomic E-state index is -4.49. The molecule has 32 heavy (non-hydrogen) atoms. The highest BCUT2D eigenvalue weighted by molar-refractivity contribution is 6.30. The average Bonchev–Trinajstić information content (AvgIpc) is 2.96. The number of rotatable bonds is 3. The van der Waals surface area contributed by atoms with Crippen molar-refractivity contribution in [1.29, 1.82) is 0 Å². The molecule has 2 amide bonds. The molecule has 1 atom stereocenters. The van der Waals surface area contributed by atoms with Crippen molar-refractivity contribution in [3.63, 3.8) is 0 Å². The van der Waals surface area contributed by atoms with Crippen LogP contribution in [0.15, 0.2) is 42.5 Å². The van der Waals surface area contributed by atoms with Gasteiger partial charge in [-0.05, 0) is 73.6 Å². The molecule has 1 N–H and O–H groups in total. The van der Waals surface area contributed by atoms with Crippen molar-refractivity contribution < 1.29 is 22.8 Å². The van der Waals surface area contributed by atoms with Crippen LogP contribution in [0.3, 0.4) is 0 Å². The Bertz CT molecular complexity index is 1040. The fourth-order valence-electron chi connectivity index (χ4n) is 5.08. The third kappa shape index (κ3) is 3.87. The van der Waals surface area contributed by atoms with Crippen molar-refractivity contribution >= 4 is 29.1 Å². The van der Waals surface area contributed by atoms with Gasteiger partial charge in [-0.15, -0.1) is 0 Å². The van der Waals surface area contributed by atoms with Gasteiger partial charge >= 0.3 is 6.18 Å². The summed E-state index contributed by atoms with van der Waals surface area (Å²) in [7, 11) is 1.66. The Hall–Kier alpha value is -2.54. The molecule has 0 aromatic heterocycles. The first-order valence-corrected chi connectivity index (χ1v) is 11.0. The molecule has 4 rings (SSSR count). The third-order valence-corrected chi connectivity index (χ3v) is 7.37. The minimum absolute atomic E-state index is 0.0839. The molecule has 0 unspecified atom stereocenters. The van der Waals surface area contributed by atoms with E-state index < -0.39 is 17.3 Å². The van der Waals surface area contributed by atoms with Crippen LogP contribution >= 0.6 is 11.6 Å². The van der Waals surface area contributed by atoms with Crippen molar-refractivity contribution in [1.82, 2.24) is 4.90 Å². The van der Waals surface area contributed by atoms with Gasteiger partial charge in [-0.3, -0.25) is 9.59 Å². The summed E-state index contributed by atoms with van der Waals surface area (Å²) in [5.41, 5.74) is 0.0497. The number of carbonyl (C=O) groups excluding carboxylic acids is 2. The van der Waals surface area contributed by atoms with Crippen LogP contribution in [0.2, 0.25) is 5.02 Å². The van der Waals surface area contributed by atoms with Crippen LogP contribution < -0.4 is 5.32 Å². The molecule has 1 spiro atoms. The third-order valence-electron chi connectivity index (χ3n) is 7.12.